The molecule has 0 radical (unpaired) electrons. The van der Waals surface area contributed by atoms with E-state index in [4.69, 9.17) is 9.47 Å². The van der Waals surface area contributed by atoms with Crippen LogP contribution < -0.4 is 4.90 Å². The van der Waals surface area contributed by atoms with Crippen molar-refractivity contribution in [3.05, 3.63) is 29.3 Å². The Balaban J connectivity index is 1.68. The monoisotopic (exact) mass is 300 g/mol. The molecule has 0 bridgehead atoms. The molecule has 116 valence electrons. The molecule has 1 aromatic carbocycles. The van der Waals surface area contributed by atoms with E-state index in [2.05, 4.69) is 11.0 Å². The molecule has 22 heavy (non-hydrogen) atoms. The first-order chi connectivity index (χ1) is 10.8. The number of esters is 1. The second-order valence-electron chi connectivity index (χ2n) is 5.77. The number of carbonyl (C=O) groups excluding carboxylic acids is 1. The first-order valence-electron chi connectivity index (χ1n) is 7.86. The molecule has 0 aliphatic carbocycles. The zero-order chi connectivity index (χ0) is 15.4. The first-order valence-corrected chi connectivity index (χ1v) is 7.86. The topological polar surface area (TPSA) is 62.6 Å². The highest BCUT2D eigenvalue weighted by Gasteiger charge is 2.20. The lowest BCUT2D eigenvalue weighted by molar-refractivity contribution is 0.0161. The van der Waals surface area contributed by atoms with Gasteiger partial charge >= 0.3 is 5.97 Å². The third kappa shape index (κ3) is 3.23. The van der Waals surface area contributed by atoms with Crippen LogP contribution in [0.3, 0.4) is 0 Å². The predicted molar refractivity (Wildman–Crippen MR) is 81.9 cm³/mol. The summed E-state index contributed by atoms with van der Waals surface area (Å²) in [5.74, 6) is -0.389. The van der Waals surface area contributed by atoms with Crippen molar-refractivity contribution in [1.29, 1.82) is 5.26 Å². The van der Waals surface area contributed by atoms with E-state index in [1.165, 1.54) is 0 Å². The molecule has 0 unspecified atom stereocenters. The number of carbonyl (C=O) groups is 1. The lowest BCUT2D eigenvalue weighted by Crippen LogP contribution is -2.20. The number of hydrogen-bond acceptors (Lipinski definition) is 5. The number of nitrogens with zero attached hydrogens (tertiary/aromatic N) is 2. The minimum Gasteiger partial charge on any atom is -0.459 e. The van der Waals surface area contributed by atoms with Crippen LogP contribution >= 0.6 is 0 Å². The van der Waals surface area contributed by atoms with E-state index in [0.29, 0.717) is 11.1 Å². The summed E-state index contributed by atoms with van der Waals surface area (Å²) in [4.78, 5) is 14.3. The minimum absolute atomic E-state index is 0.0169. The van der Waals surface area contributed by atoms with E-state index < -0.39 is 0 Å². The summed E-state index contributed by atoms with van der Waals surface area (Å²) in [5, 5.41) is 9.34. The molecule has 2 heterocycles. The molecule has 3 rings (SSSR count). The third-order valence-electron chi connectivity index (χ3n) is 4.22. The van der Waals surface area contributed by atoms with Gasteiger partial charge in [0.1, 0.15) is 12.7 Å². The molecule has 0 N–H and O–H groups in total. The minimum atomic E-state index is -0.389. The van der Waals surface area contributed by atoms with Crippen LogP contribution in [0.1, 0.15) is 41.6 Å². The van der Waals surface area contributed by atoms with Crippen molar-refractivity contribution in [1.82, 2.24) is 0 Å². The fourth-order valence-corrected chi connectivity index (χ4v) is 3.01. The molecule has 1 aromatic rings. The Bertz CT molecular complexity index is 582. The van der Waals surface area contributed by atoms with Crippen LogP contribution in [0.25, 0.3) is 0 Å². The molecule has 0 saturated carbocycles. The Hall–Kier alpha value is -2.06. The van der Waals surface area contributed by atoms with Gasteiger partial charge in [-0.05, 0) is 43.9 Å². The van der Waals surface area contributed by atoms with E-state index in [-0.39, 0.29) is 18.7 Å². The average molecular weight is 300 g/mol. The largest absolute Gasteiger partial charge is 0.459 e. The van der Waals surface area contributed by atoms with Crippen molar-refractivity contribution in [3.63, 3.8) is 0 Å². The van der Waals surface area contributed by atoms with Crippen molar-refractivity contribution in [2.24, 2.45) is 0 Å². The summed E-state index contributed by atoms with van der Waals surface area (Å²) in [6.07, 6.45) is 4.27. The van der Waals surface area contributed by atoms with E-state index >= 15 is 0 Å². The van der Waals surface area contributed by atoms with Crippen LogP contribution in [0.15, 0.2) is 18.2 Å². The van der Waals surface area contributed by atoms with Crippen LogP contribution in [-0.2, 0) is 9.47 Å². The van der Waals surface area contributed by atoms with Crippen molar-refractivity contribution >= 4 is 11.7 Å². The standard InChI is InChI=1S/C17H20N2O3/c18-11-14-10-13(5-6-16(14)19-7-1-2-8-19)17(20)22-12-15-4-3-9-21-15/h5-6,10,15H,1-4,7-9,12H2/t15-/m0/s1. The molecule has 0 aromatic heterocycles. The Kier molecular flexibility index (Phi) is 4.59. The zero-order valence-corrected chi connectivity index (χ0v) is 12.6. The fraction of sp³-hybridized carbons (Fsp3) is 0.529. The molecule has 2 aliphatic rings. The van der Waals surface area contributed by atoms with Gasteiger partial charge < -0.3 is 14.4 Å². The normalized spacial score (nSPS) is 20.9. The van der Waals surface area contributed by atoms with Gasteiger partial charge in [-0.1, -0.05) is 0 Å². The maximum Gasteiger partial charge on any atom is 0.338 e. The predicted octanol–water partition coefficient (Wildman–Crippen LogP) is 2.49. The van der Waals surface area contributed by atoms with Crippen molar-refractivity contribution in [2.75, 3.05) is 31.2 Å². The van der Waals surface area contributed by atoms with Gasteiger partial charge in [-0.2, -0.15) is 5.26 Å². The summed E-state index contributed by atoms with van der Waals surface area (Å²) in [5.41, 5.74) is 1.88. The second kappa shape index (κ2) is 6.80. The lowest BCUT2D eigenvalue weighted by Gasteiger charge is -2.19. The van der Waals surface area contributed by atoms with E-state index in [9.17, 15) is 10.1 Å². The summed E-state index contributed by atoms with van der Waals surface area (Å²) in [6, 6.07) is 7.42. The lowest BCUT2D eigenvalue weighted by atomic mass is 10.1. The van der Waals surface area contributed by atoms with E-state index in [0.717, 1.165) is 51.1 Å². The average Bonchev–Trinajstić information content (AvgIpc) is 3.25. The zero-order valence-electron chi connectivity index (χ0n) is 12.6. The Labute approximate surface area is 130 Å². The van der Waals surface area contributed by atoms with Crippen molar-refractivity contribution < 1.29 is 14.3 Å². The maximum absolute atomic E-state index is 12.1. The Morgan fingerprint density at radius 2 is 2.18 bits per heavy atom. The highest BCUT2D eigenvalue weighted by atomic mass is 16.6. The summed E-state index contributed by atoms with van der Waals surface area (Å²) in [7, 11) is 0. The van der Waals surface area contributed by atoms with Crippen LogP contribution in [0.2, 0.25) is 0 Å². The highest BCUT2D eigenvalue weighted by molar-refractivity contribution is 5.90. The van der Waals surface area contributed by atoms with Crippen molar-refractivity contribution in [2.45, 2.75) is 31.8 Å². The van der Waals surface area contributed by atoms with Gasteiger partial charge in [0.15, 0.2) is 0 Å². The second-order valence-corrected chi connectivity index (χ2v) is 5.77. The van der Waals surface area contributed by atoms with Crippen LogP contribution in [0.5, 0.6) is 0 Å². The van der Waals surface area contributed by atoms with Crippen LogP contribution in [0, 0.1) is 11.3 Å². The van der Waals surface area contributed by atoms with Gasteiger partial charge in [0.05, 0.1) is 22.9 Å². The van der Waals surface area contributed by atoms with Crippen LogP contribution in [0.4, 0.5) is 5.69 Å². The van der Waals surface area contributed by atoms with E-state index in [1.807, 2.05) is 6.07 Å². The Morgan fingerprint density at radius 3 is 2.86 bits per heavy atom. The molecule has 5 heteroatoms. The van der Waals surface area contributed by atoms with Gasteiger partial charge in [0, 0.05) is 19.7 Å². The molecular weight excluding hydrogens is 280 g/mol. The van der Waals surface area contributed by atoms with Gasteiger partial charge in [-0.15, -0.1) is 0 Å². The summed E-state index contributed by atoms with van der Waals surface area (Å²) < 4.78 is 10.7. The number of nitriles is 1. The SMILES string of the molecule is N#Cc1cc(C(=O)OC[C@@H]2CCCO2)ccc1N1CCCC1. The summed E-state index contributed by atoms with van der Waals surface area (Å²) in [6.45, 7) is 2.97. The van der Waals surface area contributed by atoms with Crippen molar-refractivity contribution in [3.8, 4) is 6.07 Å². The number of rotatable bonds is 4. The molecular formula is C17H20N2O3. The molecule has 2 saturated heterocycles. The van der Waals surface area contributed by atoms with Gasteiger partial charge in [0.25, 0.3) is 0 Å². The number of benzene rings is 1. The highest BCUT2D eigenvalue weighted by Crippen LogP contribution is 2.25. The van der Waals surface area contributed by atoms with Gasteiger partial charge in [-0.3, -0.25) is 0 Å². The third-order valence-corrected chi connectivity index (χ3v) is 4.22. The van der Waals surface area contributed by atoms with Gasteiger partial charge in [-0.25, -0.2) is 4.79 Å². The molecule has 2 fully saturated rings. The maximum atomic E-state index is 12.1. The molecule has 0 amide bonds. The molecule has 0 spiro atoms. The van der Waals surface area contributed by atoms with E-state index in [1.54, 1.807) is 12.1 Å². The number of hydrogen-bond donors (Lipinski definition) is 0. The number of ether oxygens (including phenoxy) is 2. The molecule has 1 atom stereocenters. The number of anilines is 1. The molecule has 5 nitrogen and oxygen atoms in total. The quantitative estimate of drug-likeness (QED) is 0.799. The van der Waals surface area contributed by atoms with Crippen LogP contribution in [-0.4, -0.2) is 38.4 Å². The smallest absolute Gasteiger partial charge is 0.338 e. The summed E-state index contributed by atoms with van der Waals surface area (Å²) >= 11 is 0. The fourth-order valence-electron chi connectivity index (χ4n) is 3.01. The Morgan fingerprint density at radius 1 is 1.36 bits per heavy atom. The first kappa shape index (κ1) is 14.9. The molecule has 2 aliphatic heterocycles. The van der Waals surface area contributed by atoms with Gasteiger partial charge in [0.2, 0.25) is 0 Å².